The van der Waals surface area contributed by atoms with Crippen molar-refractivity contribution in [2.75, 3.05) is 4.90 Å². The van der Waals surface area contributed by atoms with Crippen LogP contribution in [0.5, 0.6) is 0 Å². The lowest BCUT2D eigenvalue weighted by Crippen LogP contribution is -2.17. The van der Waals surface area contributed by atoms with Crippen molar-refractivity contribution in [1.29, 1.82) is 0 Å². The lowest BCUT2D eigenvalue weighted by atomic mass is 9.78. The van der Waals surface area contributed by atoms with Crippen molar-refractivity contribution in [2.45, 2.75) is 52.4 Å². The smallest absolute Gasteiger partial charge is 0.159 e. The van der Waals surface area contributed by atoms with Gasteiger partial charge >= 0.3 is 0 Å². The molecule has 260 valence electrons. The fraction of sp³-hybridized carbons (Fsp3) is 0.154. The number of rotatable bonds is 3. The van der Waals surface area contributed by atoms with Gasteiger partial charge in [-0.15, -0.1) is 0 Å². The molecule has 11 rings (SSSR count). The summed E-state index contributed by atoms with van der Waals surface area (Å²) in [5, 5.41) is 7.49. The first-order chi connectivity index (χ1) is 26.1. The van der Waals surface area contributed by atoms with Crippen molar-refractivity contribution in [1.82, 2.24) is 0 Å². The highest BCUT2D eigenvalue weighted by molar-refractivity contribution is 6.11. The van der Waals surface area contributed by atoms with E-state index < -0.39 is 0 Å². The third kappa shape index (κ3) is 4.11. The molecule has 0 aliphatic heterocycles. The standard InChI is InChI=1S/C52H41NO/c1-30-18-21-34(26-31(30)2)53(46-16-11-15-41-38-14-9-10-17-47(38)54-50(41)46)35-22-25-37-33(27-35)20-24-40-43-29-44-42(28-45(43)52(5,6)49(37)40)39-23-19-32-12-7-8-13-36(32)48(39)51(44,3)4/h7-29H,1-6H3. The molecular formula is C52H41NO. The number of aryl methyl sites for hydroxylation is 2. The van der Waals surface area contributed by atoms with Crippen LogP contribution in [0.15, 0.2) is 144 Å². The summed E-state index contributed by atoms with van der Waals surface area (Å²) in [7, 11) is 0. The van der Waals surface area contributed by atoms with Crippen LogP contribution in [0.4, 0.5) is 17.1 Å². The number of furan rings is 1. The Balaban J connectivity index is 1.09. The third-order valence-corrected chi connectivity index (χ3v) is 12.9. The number of hydrogen-bond acceptors (Lipinski definition) is 2. The molecule has 0 N–H and O–H groups in total. The number of para-hydroxylation sites is 2. The van der Waals surface area contributed by atoms with Crippen LogP contribution in [0.3, 0.4) is 0 Å². The summed E-state index contributed by atoms with van der Waals surface area (Å²) in [6, 6.07) is 52.0. The first-order valence-electron chi connectivity index (χ1n) is 19.2. The molecule has 2 aliphatic carbocycles. The van der Waals surface area contributed by atoms with Crippen molar-refractivity contribution < 1.29 is 4.42 Å². The maximum atomic E-state index is 6.62. The average Bonchev–Trinajstić information content (AvgIpc) is 3.75. The van der Waals surface area contributed by atoms with Crippen molar-refractivity contribution in [3.63, 3.8) is 0 Å². The first-order valence-corrected chi connectivity index (χ1v) is 19.2. The Morgan fingerprint density at radius 3 is 1.76 bits per heavy atom. The molecule has 2 nitrogen and oxygen atoms in total. The molecular weight excluding hydrogens is 655 g/mol. The fourth-order valence-corrected chi connectivity index (χ4v) is 10.1. The Morgan fingerprint density at radius 1 is 0.444 bits per heavy atom. The van der Waals surface area contributed by atoms with Crippen molar-refractivity contribution >= 4 is 60.5 Å². The Morgan fingerprint density at radius 2 is 1.04 bits per heavy atom. The summed E-state index contributed by atoms with van der Waals surface area (Å²) in [4.78, 5) is 2.37. The topological polar surface area (TPSA) is 16.4 Å². The van der Waals surface area contributed by atoms with Crippen LogP contribution >= 0.6 is 0 Å². The molecule has 0 saturated carbocycles. The minimum atomic E-state index is -0.169. The number of nitrogens with zero attached hydrogens (tertiary/aromatic N) is 1. The van der Waals surface area contributed by atoms with E-state index in [1.807, 2.05) is 6.07 Å². The van der Waals surface area contributed by atoms with Gasteiger partial charge in [-0.1, -0.05) is 119 Å². The largest absolute Gasteiger partial charge is 0.454 e. The van der Waals surface area contributed by atoms with Gasteiger partial charge in [0.25, 0.3) is 0 Å². The Labute approximate surface area is 316 Å². The quantitative estimate of drug-likeness (QED) is 0.183. The molecule has 54 heavy (non-hydrogen) atoms. The Bertz CT molecular complexity index is 3080. The predicted octanol–water partition coefficient (Wildman–Crippen LogP) is 14.6. The van der Waals surface area contributed by atoms with Crippen LogP contribution in [0.25, 0.3) is 65.7 Å². The summed E-state index contributed by atoms with van der Waals surface area (Å²) < 4.78 is 6.62. The minimum Gasteiger partial charge on any atom is -0.454 e. The van der Waals surface area contributed by atoms with E-state index in [1.54, 1.807) is 0 Å². The molecule has 1 heterocycles. The van der Waals surface area contributed by atoms with Crippen molar-refractivity contribution in [2.24, 2.45) is 0 Å². The molecule has 8 aromatic carbocycles. The van der Waals surface area contributed by atoms with E-state index in [1.165, 1.54) is 77.2 Å². The highest BCUT2D eigenvalue weighted by Gasteiger charge is 2.43. The van der Waals surface area contributed by atoms with Gasteiger partial charge in [0, 0.05) is 33.0 Å². The summed E-state index contributed by atoms with van der Waals surface area (Å²) in [6.07, 6.45) is 0. The van der Waals surface area contributed by atoms with E-state index in [0.29, 0.717) is 0 Å². The molecule has 0 radical (unpaired) electrons. The summed E-state index contributed by atoms with van der Waals surface area (Å²) >= 11 is 0. The maximum absolute atomic E-state index is 6.62. The zero-order valence-corrected chi connectivity index (χ0v) is 31.6. The third-order valence-electron chi connectivity index (χ3n) is 12.9. The van der Waals surface area contributed by atoms with Crippen molar-refractivity contribution in [3.8, 4) is 22.3 Å². The van der Waals surface area contributed by atoms with Gasteiger partial charge < -0.3 is 9.32 Å². The van der Waals surface area contributed by atoms with Crippen LogP contribution in [-0.4, -0.2) is 0 Å². The summed E-state index contributed by atoms with van der Waals surface area (Å²) in [6.45, 7) is 14.0. The minimum absolute atomic E-state index is 0.0975. The molecule has 0 atom stereocenters. The second kappa shape index (κ2) is 10.7. The van der Waals surface area contributed by atoms with E-state index >= 15 is 0 Å². The van der Waals surface area contributed by atoms with Gasteiger partial charge in [0.2, 0.25) is 0 Å². The number of anilines is 3. The molecule has 0 bridgehead atoms. The van der Waals surface area contributed by atoms with Gasteiger partial charge in [0.05, 0.1) is 5.69 Å². The number of fused-ring (bicyclic) bond motifs is 13. The zero-order chi connectivity index (χ0) is 36.7. The van der Waals surface area contributed by atoms with E-state index in [0.717, 1.165) is 39.0 Å². The SMILES string of the molecule is Cc1ccc(N(c2ccc3c4c(ccc3c2)-c2cc3c(cc2C4(C)C)-c2ccc4ccccc4c2C3(C)C)c2cccc3c2oc2ccccc23)cc1C. The first kappa shape index (κ1) is 31.4. The highest BCUT2D eigenvalue weighted by Crippen LogP contribution is 2.58. The molecule has 9 aromatic rings. The van der Waals surface area contributed by atoms with E-state index in [9.17, 15) is 0 Å². The summed E-state index contributed by atoms with van der Waals surface area (Å²) in [5.74, 6) is 0. The maximum Gasteiger partial charge on any atom is 0.159 e. The van der Waals surface area contributed by atoms with Crippen LogP contribution in [0.1, 0.15) is 61.1 Å². The van der Waals surface area contributed by atoms with Crippen molar-refractivity contribution in [3.05, 3.63) is 173 Å². The predicted molar refractivity (Wildman–Crippen MR) is 228 cm³/mol. The molecule has 0 unspecified atom stereocenters. The van der Waals surface area contributed by atoms with Gasteiger partial charge in [-0.2, -0.15) is 0 Å². The second-order valence-electron chi connectivity index (χ2n) is 16.7. The second-order valence-corrected chi connectivity index (χ2v) is 16.7. The molecule has 0 saturated heterocycles. The molecule has 0 spiro atoms. The molecule has 0 amide bonds. The molecule has 2 heteroatoms. The lowest BCUT2D eigenvalue weighted by molar-refractivity contribution is 0.657. The van der Waals surface area contributed by atoms with Crippen LogP contribution in [-0.2, 0) is 10.8 Å². The van der Waals surface area contributed by atoms with Gasteiger partial charge in [0.1, 0.15) is 5.58 Å². The Hall–Kier alpha value is -6.12. The normalized spacial score (nSPS) is 14.8. The number of benzene rings is 8. The average molecular weight is 696 g/mol. The van der Waals surface area contributed by atoms with Crippen LogP contribution in [0, 0.1) is 13.8 Å². The van der Waals surface area contributed by atoms with E-state index in [2.05, 4.69) is 180 Å². The zero-order valence-electron chi connectivity index (χ0n) is 31.6. The number of hydrogen-bond donors (Lipinski definition) is 0. The van der Waals surface area contributed by atoms with E-state index in [-0.39, 0.29) is 10.8 Å². The fourth-order valence-electron chi connectivity index (χ4n) is 10.1. The Kier molecular flexibility index (Phi) is 6.24. The highest BCUT2D eigenvalue weighted by atomic mass is 16.3. The molecule has 2 aliphatic rings. The van der Waals surface area contributed by atoms with Crippen LogP contribution in [0.2, 0.25) is 0 Å². The van der Waals surface area contributed by atoms with Gasteiger partial charge in [0.15, 0.2) is 5.58 Å². The molecule has 0 fully saturated rings. The van der Waals surface area contributed by atoms with Crippen LogP contribution < -0.4 is 4.90 Å². The molecule has 1 aromatic heterocycles. The lowest BCUT2D eigenvalue weighted by Gasteiger charge is -2.27. The van der Waals surface area contributed by atoms with Gasteiger partial charge in [-0.05, 0) is 140 Å². The monoisotopic (exact) mass is 695 g/mol. The van der Waals surface area contributed by atoms with Gasteiger partial charge in [-0.3, -0.25) is 0 Å². The van der Waals surface area contributed by atoms with Gasteiger partial charge in [-0.25, -0.2) is 0 Å². The van der Waals surface area contributed by atoms with E-state index in [4.69, 9.17) is 4.42 Å². The summed E-state index contributed by atoms with van der Waals surface area (Å²) in [5.41, 5.74) is 18.5.